The summed E-state index contributed by atoms with van der Waals surface area (Å²) < 4.78 is 5.20. The fraction of sp³-hybridized carbons (Fsp3) is 0.300. The molecule has 0 bridgehead atoms. The zero-order valence-corrected chi connectivity index (χ0v) is 9.50. The van der Waals surface area contributed by atoms with Crippen molar-refractivity contribution in [1.29, 1.82) is 0 Å². The second kappa shape index (κ2) is 4.13. The Labute approximate surface area is 101 Å². The van der Waals surface area contributed by atoms with Gasteiger partial charge in [-0.05, 0) is 12.1 Å². The van der Waals surface area contributed by atoms with Crippen LogP contribution < -0.4 is 4.74 Å². The summed E-state index contributed by atoms with van der Waals surface area (Å²) in [5.74, 6) is -0.937. The number of carboxylic acids is 1. The van der Waals surface area contributed by atoms with Crippen LogP contribution in [0.2, 0.25) is 10.0 Å². The molecule has 0 spiro atoms. The Hall–Kier alpha value is -0.970. The first-order valence-electron chi connectivity index (χ1n) is 4.55. The second-order valence-electron chi connectivity index (χ2n) is 3.50. The first-order chi connectivity index (χ1) is 7.49. The molecule has 1 aliphatic heterocycles. The molecule has 0 aromatic heterocycles. The van der Waals surface area contributed by atoms with Crippen LogP contribution in [0.1, 0.15) is 18.1 Å². The van der Waals surface area contributed by atoms with E-state index in [-0.39, 0.29) is 17.2 Å². The Balaban J connectivity index is 2.46. The predicted molar refractivity (Wildman–Crippen MR) is 58.1 cm³/mol. The number of hydrogen-bond acceptors (Lipinski definition) is 3. The highest BCUT2D eigenvalue weighted by Gasteiger charge is 2.33. The molecule has 0 fully saturated rings. The van der Waals surface area contributed by atoms with E-state index in [1.807, 2.05) is 0 Å². The van der Waals surface area contributed by atoms with Gasteiger partial charge in [-0.2, -0.15) is 0 Å². The summed E-state index contributed by atoms with van der Waals surface area (Å²) in [7, 11) is 0. The van der Waals surface area contributed by atoms with Crippen LogP contribution in [0.5, 0.6) is 5.75 Å². The van der Waals surface area contributed by atoms with Crippen molar-refractivity contribution in [2.24, 2.45) is 0 Å². The van der Waals surface area contributed by atoms with E-state index in [9.17, 15) is 9.90 Å². The molecular weight excluding hydrogens is 255 g/mol. The molecule has 86 valence electrons. The first-order valence-corrected chi connectivity index (χ1v) is 5.31. The van der Waals surface area contributed by atoms with Gasteiger partial charge in [-0.3, -0.25) is 0 Å². The molecule has 0 radical (unpaired) electrons. The number of aliphatic hydroxyl groups is 1. The number of carboxylic acid groups (broad SMARTS) is 1. The van der Waals surface area contributed by atoms with E-state index in [2.05, 4.69) is 0 Å². The van der Waals surface area contributed by atoms with Crippen LogP contribution in [0.15, 0.2) is 12.1 Å². The smallest absolute Gasteiger partial charge is 0.345 e. The second-order valence-corrected chi connectivity index (χ2v) is 4.35. The minimum Gasteiger partial charge on any atom is -0.479 e. The van der Waals surface area contributed by atoms with Crippen molar-refractivity contribution < 1.29 is 19.7 Å². The van der Waals surface area contributed by atoms with Crippen LogP contribution in [-0.2, 0) is 4.79 Å². The van der Waals surface area contributed by atoms with Crippen molar-refractivity contribution in [3.8, 4) is 5.75 Å². The highest BCUT2D eigenvalue weighted by atomic mass is 35.5. The fourth-order valence-corrected chi connectivity index (χ4v) is 2.18. The minimum absolute atomic E-state index is 0.0149. The van der Waals surface area contributed by atoms with Gasteiger partial charge in [0.2, 0.25) is 0 Å². The zero-order chi connectivity index (χ0) is 11.9. The molecule has 2 unspecified atom stereocenters. The molecule has 16 heavy (non-hydrogen) atoms. The van der Waals surface area contributed by atoms with Crippen molar-refractivity contribution in [3.05, 3.63) is 27.7 Å². The van der Waals surface area contributed by atoms with Crippen LogP contribution in [0.4, 0.5) is 0 Å². The Bertz CT molecular complexity index is 447. The SMILES string of the molecule is O=C(O)C1CC(O)c2cc(Cl)cc(Cl)c2O1. The molecule has 2 atom stereocenters. The van der Waals surface area contributed by atoms with Crippen LogP contribution >= 0.6 is 23.2 Å². The highest BCUT2D eigenvalue weighted by Crippen LogP contribution is 2.41. The Morgan fingerprint density at radius 3 is 2.75 bits per heavy atom. The molecule has 0 saturated carbocycles. The average molecular weight is 263 g/mol. The summed E-state index contributed by atoms with van der Waals surface area (Å²) in [6.45, 7) is 0. The quantitative estimate of drug-likeness (QED) is 0.815. The van der Waals surface area contributed by atoms with Crippen molar-refractivity contribution in [1.82, 2.24) is 0 Å². The summed E-state index contributed by atoms with van der Waals surface area (Å²) in [4.78, 5) is 10.8. The molecule has 2 rings (SSSR count). The van der Waals surface area contributed by atoms with Crippen molar-refractivity contribution in [2.45, 2.75) is 18.6 Å². The third-order valence-electron chi connectivity index (χ3n) is 2.37. The maximum atomic E-state index is 10.8. The van der Waals surface area contributed by atoms with Crippen molar-refractivity contribution in [2.75, 3.05) is 0 Å². The number of benzene rings is 1. The summed E-state index contributed by atoms with van der Waals surface area (Å²) >= 11 is 11.6. The number of ether oxygens (including phenoxy) is 1. The van der Waals surface area contributed by atoms with Crippen LogP contribution in [0, 0.1) is 0 Å². The van der Waals surface area contributed by atoms with Gasteiger partial charge in [0.05, 0.1) is 11.1 Å². The van der Waals surface area contributed by atoms with E-state index in [4.69, 9.17) is 33.0 Å². The molecule has 0 aliphatic carbocycles. The molecule has 0 saturated heterocycles. The summed E-state index contributed by atoms with van der Waals surface area (Å²) in [5.41, 5.74) is 0.426. The summed E-state index contributed by atoms with van der Waals surface area (Å²) in [5, 5.41) is 19.2. The monoisotopic (exact) mass is 262 g/mol. The maximum Gasteiger partial charge on any atom is 0.345 e. The van der Waals surface area contributed by atoms with Gasteiger partial charge in [-0.25, -0.2) is 4.79 Å². The molecule has 0 amide bonds. The van der Waals surface area contributed by atoms with Crippen LogP contribution in [0.3, 0.4) is 0 Å². The lowest BCUT2D eigenvalue weighted by Gasteiger charge is -2.27. The molecule has 2 N–H and O–H groups in total. The lowest BCUT2D eigenvalue weighted by atomic mass is 9.99. The third-order valence-corrected chi connectivity index (χ3v) is 2.87. The standard InChI is InChI=1S/C10H8Cl2O4/c11-4-1-5-7(13)3-8(10(14)15)16-9(5)6(12)2-4/h1-2,7-8,13H,3H2,(H,14,15). The highest BCUT2D eigenvalue weighted by molar-refractivity contribution is 6.35. The largest absolute Gasteiger partial charge is 0.479 e. The Morgan fingerprint density at radius 2 is 2.12 bits per heavy atom. The van der Waals surface area contributed by atoms with Crippen molar-refractivity contribution >= 4 is 29.2 Å². The van der Waals surface area contributed by atoms with E-state index in [1.165, 1.54) is 12.1 Å². The number of hydrogen-bond donors (Lipinski definition) is 2. The van der Waals surface area contributed by atoms with Gasteiger partial charge in [0, 0.05) is 17.0 Å². The lowest BCUT2D eigenvalue weighted by Crippen LogP contribution is -2.33. The molecule has 4 nitrogen and oxygen atoms in total. The van der Waals surface area contributed by atoms with Gasteiger partial charge >= 0.3 is 5.97 Å². The summed E-state index contributed by atoms with van der Waals surface area (Å²) in [6, 6.07) is 2.96. The minimum atomic E-state index is -1.13. The normalized spacial score (nSPS) is 23.4. The number of carbonyl (C=O) groups is 1. The van der Waals surface area contributed by atoms with E-state index >= 15 is 0 Å². The molecule has 1 aliphatic rings. The molecule has 1 aromatic rings. The number of fused-ring (bicyclic) bond motifs is 1. The molecular formula is C10H8Cl2O4. The molecule has 6 heteroatoms. The predicted octanol–water partition coefficient (Wildman–Crippen LogP) is 2.26. The zero-order valence-electron chi connectivity index (χ0n) is 7.98. The fourth-order valence-electron chi connectivity index (χ4n) is 1.62. The van der Waals surface area contributed by atoms with Crippen LogP contribution in [0.25, 0.3) is 0 Å². The lowest BCUT2D eigenvalue weighted by molar-refractivity contribution is -0.147. The van der Waals surface area contributed by atoms with Gasteiger partial charge in [0.1, 0.15) is 5.75 Å². The van der Waals surface area contributed by atoms with Gasteiger partial charge in [0.15, 0.2) is 6.10 Å². The topological polar surface area (TPSA) is 66.8 Å². The number of halogens is 2. The molecule has 1 aromatic carbocycles. The molecule has 1 heterocycles. The average Bonchev–Trinajstić information content (AvgIpc) is 2.19. The van der Waals surface area contributed by atoms with E-state index < -0.39 is 18.2 Å². The van der Waals surface area contributed by atoms with Gasteiger partial charge in [-0.1, -0.05) is 23.2 Å². The number of aliphatic hydroxyl groups excluding tert-OH is 1. The van der Waals surface area contributed by atoms with Gasteiger partial charge < -0.3 is 14.9 Å². The van der Waals surface area contributed by atoms with E-state index in [0.717, 1.165) is 0 Å². The maximum absolute atomic E-state index is 10.8. The Kier molecular flexibility index (Phi) is 2.97. The van der Waals surface area contributed by atoms with E-state index in [1.54, 1.807) is 0 Å². The van der Waals surface area contributed by atoms with Gasteiger partial charge in [-0.15, -0.1) is 0 Å². The third kappa shape index (κ3) is 1.96. The van der Waals surface area contributed by atoms with Crippen molar-refractivity contribution in [3.63, 3.8) is 0 Å². The van der Waals surface area contributed by atoms with Crippen LogP contribution in [-0.4, -0.2) is 22.3 Å². The van der Waals surface area contributed by atoms with Gasteiger partial charge in [0.25, 0.3) is 0 Å². The summed E-state index contributed by atoms with van der Waals surface area (Å²) in [6.07, 6.45) is -2.03. The number of rotatable bonds is 1. The van der Waals surface area contributed by atoms with E-state index in [0.29, 0.717) is 10.6 Å². The Morgan fingerprint density at radius 1 is 1.44 bits per heavy atom. The first kappa shape index (κ1) is 11.5. The number of aliphatic carboxylic acids is 1.